The van der Waals surface area contributed by atoms with Crippen molar-refractivity contribution in [3.63, 3.8) is 0 Å². The zero-order chi connectivity index (χ0) is 9.26. The Kier molecular flexibility index (Phi) is 2.89. The largest absolute Gasteiger partial charge is 0.378 e. The third-order valence-electron chi connectivity index (χ3n) is 3.84. The van der Waals surface area contributed by atoms with Gasteiger partial charge in [-0.3, -0.25) is 0 Å². The summed E-state index contributed by atoms with van der Waals surface area (Å²) in [7, 11) is 0. The summed E-state index contributed by atoms with van der Waals surface area (Å²) < 4.78 is 5.17. The Morgan fingerprint density at radius 1 is 1.31 bits per heavy atom. The molecule has 13 heavy (non-hydrogen) atoms. The first-order valence-electron chi connectivity index (χ1n) is 5.65. The number of nitrogens with one attached hydrogen (secondary N) is 1. The van der Waals surface area contributed by atoms with Gasteiger partial charge in [-0.1, -0.05) is 20.3 Å². The molecule has 1 N–H and O–H groups in total. The standard InChI is InChI=1S/C11H21NO/c1-3-9-4-5-11(8(9)2)12-10-6-13-7-10/h8-12H,3-7H2,1-2H3. The minimum Gasteiger partial charge on any atom is -0.378 e. The lowest BCUT2D eigenvalue weighted by Crippen LogP contribution is -2.51. The maximum atomic E-state index is 5.17. The Labute approximate surface area is 81.0 Å². The number of hydrogen-bond donors (Lipinski definition) is 1. The molecule has 0 amide bonds. The fourth-order valence-electron chi connectivity index (χ4n) is 2.69. The van der Waals surface area contributed by atoms with E-state index in [2.05, 4.69) is 19.2 Å². The molecule has 0 aromatic rings. The second kappa shape index (κ2) is 3.97. The summed E-state index contributed by atoms with van der Waals surface area (Å²) in [5, 5.41) is 3.70. The summed E-state index contributed by atoms with van der Waals surface area (Å²) >= 11 is 0. The van der Waals surface area contributed by atoms with E-state index in [1.807, 2.05) is 0 Å². The van der Waals surface area contributed by atoms with E-state index in [9.17, 15) is 0 Å². The molecule has 1 aliphatic carbocycles. The van der Waals surface area contributed by atoms with Crippen molar-refractivity contribution in [2.75, 3.05) is 13.2 Å². The molecule has 2 heteroatoms. The van der Waals surface area contributed by atoms with Crippen LogP contribution >= 0.6 is 0 Å². The van der Waals surface area contributed by atoms with Crippen molar-refractivity contribution in [3.05, 3.63) is 0 Å². The molecule has 1 saturated carbocycles. The molecule has 0 aromatic carbocycles. The summed E-state index contributed by atoms with van der Waals surface area (Å²) in [5.41, 5.74) is 0. The first kappa shape index (κ1) is 9.47. The zero-order valence-electron chi connectivity index (χ0n) is 8.75. The number of hydrogen-bond acceptors (Lipinski definition) is 2. The Bertz CT molecular complexity index is 167. The van der Waals surface area contributed by atoms with Gasteiger partial charge in [0.1, 0.15) is 0 Å². The van der Waals surface area contributed by atoms with E-state index in [1.54, 1.807) is 0 Å². The molecular weight excluding hydrogens is 162 g/mol. The fraction of sp³-hybridized carbons (Fsp3) is 1.00. The van der Waals surface area contributed by atoms with Crippen molar-refractivity contribution in [1.29, 1.82) is 0 Å². The molecule has 2 aliphatic rings. The molecule has 0 spiro atoms. The van der Waals surface area contributed by atoms with Crippen molar-refractivity contribution in [3.8, 4) is 0 Å². The van der Waals surface area contributed by atoms with Gasteiger partial charge in [-0.2, -0.15) is 0 Å². The van der Waals surface area contributed by atoms with Crippen LogP contribution < -0.4 is 5.32 Å². The van der Waals surface area contributed by atoms with Crippen LogP contribution in [0.15, 0.2) is 0 Å². The van der Waals surface area contributed by atoms with Gasteiger partial charge < -0.3 is 10.1 Å². The molecule has 3 atom stereocenters. The highest BCUT2D eigenvalue weighted by Crippen LogP contribution is 2.34. The van der Waals surface area contributed by atoms with Crippen LogP contribution in [0.4, 0.5) is 0 Å². The molecule has 2 fully saturated rings. The second-order valence-electron chi connectivity index (χ2n) is 4.61. The first-order chi connectivity index (χ1) is 6.31. The summed E-state index contributed by atoms with van der Waals surface area (Å²) in [6, 6.07) is 1.42. The van der Waals surface area contributed by atoms with E-state index in [4.69, 9.17) is 4.74 Å². The monoisotopic (exact) mass is 183 g/mol. The lowest BCUT2D eigenvalue weighted by molar-refractivity contribution is -0.0121. The zero-order valence-corrected chi connectivity index (χ0v) is 8.75. The van der Waals surface area contributed by atoms with Gasteiger partial charge in [-0.05, 0) is 24.7 Å². The normalized spacial score (nSPS) is 40.6. The number of ether oxygens (including phenoxy) is 1. The molecule has 0 bridgehead atoms. The average molecular weight is 183 g/mol. The maximum absolute atomic E-state index is 5.17. The maximum Gasteiger partial charge on any atom is 0.0643 e. The SMILES string of the molecule is CCC1CCC(NC2COC2)C1C. The fourth-order valence-corrected chi connectivity index (χ4v) is 2.69. The van der Waals surface area contributed by atoms with Gasteiger partial charge >= 0.3 is 0 Å². The van der Waals surface area contributed by atoms with Crippen molar-refractivity contribution >= 4 is 0 Å². The Morgan fingerprint density at radius 2 is 2.08 bits per heavy atom. The van der Waals surface area contributed by atoms with Gasteiger partial charge in [-0.25, -0.2) is 0 Å². The van der Waals surface area contributed by atoms with Crippen LogP contribution in [-0.2, 0) is 4.74 Å². The van der Waals surface area contributed by atoms with Gasteiger partial charge in [0.25, 0.3) is 0 Å². The topological polar surface area (TPSA) is 21.3 Å². The van der Waals surface area contributed by atoms with Gasteiger partial charge in [-0.15, -0.1) is 0 Å². The molecule has 3 unspecified atom stereocenters. The molecule has 1 saturated heterocycles. The van der Waals surface area contributed by atoms with Crippen molar-refractivity contribution in [2.24, 2.45) is 11.8 Å². The van der Waals surface area contributed by atoms with Gasteiger partial charge in [0.15, 0.2) is 0 Å². The predicted octanol–water partition coefficient (Wildman–Crippen LogP) is 1.80. The summed E-state index contributed by atoms with van der Waals surface area (Å²) in [5.74, 6) is 1.82. The highest BCUT2D eigenvalue weighted by molar-refractivity contribution is 4.89. The lowest BCUT2D eigenvalue weighted by atomic mass is 9.93. The van der Waals surface area contributed by atoms with E-state index >= 15 is 0 Å². The Morgan fingerprint density at radius 3 is 2.54 bits per heavy atom. The van der Waals surface area contributed by atoms with Gasteiger partial charge in [0.2, 0.25) is 0 Å². The lowest BCUT2D eigenvalue weighted by Gasteiger charge is -2.32. The highest BCUT2D eigenvalue weighted by Gasteiger charge is 2.33. The molecule has 76 valence electrons. The van der Waals surface area contributed by atoms with Crippen LogP contribution in [0.1, 0.15) is 33.1 Å². The quantitative estimate of drug-likeness (QED) is 0.720. The molecule has 2 nitrogen and oxygen atoms in total. The van der Waals surface area contributed by atoms with E-state index in [0.717, 1.165) is 31.1 Å². The second-order valence-corrected chi connectivity index (χ2v) is 4.61. The molecule has 2 rings (SSSR count). The molecule has 0 aromatic heterocycles. The average Bonchev–Trinajstić information content (AvgIpc) is 2.40. The highest BCUT2D eigenvalue weighted by atomic mass is 16.5. The predicted molar refractivity (Wildman–Crippen MR) is 53.7 cm³/mol. The summed E-state index contributed by atoms with van der Waals surface area (Å²) in [4.78, 5) is 0. The summed E-state index contributed by atoms with van der Waals surface area (Å²) in [6.07, 6.45) is 4.14. The van der Waals surface area contributed by atoms with E-state index in [0.29, 0.717) is 6.04 Å². The van der Waals surface area contributed by atoms with Crippen molar-refractivity contribution in [1.82, 2.24) is 5.32 Å². The van der Waals surface area contributed by atoms with E-state index in [-0.39, 0.29) is 0 Å². The van der Waals surface area contributed by atoms with Crippen molar-refractivity contribution < 1.29 is 4.74 Å². The molecule has 1 heterocycles. The smallest absolute Gasteiger partial charge is 0.0643 e. The van der Waals surface area contributed by atoms with Crippen LogP contribution in [0.25, 0.3) is 0 Å². The third-order valence-corrected chi connectivity index (χ3v) is 3.84. The van der Waals surface area contributed by atoms with E-state index in [1.165, 1.54) is 19.3 Å². The minimum absolute atomic E-state index is 0.656. The van der Waals surface area contributed by atoms with Crippen LogP contribution in [0.2, 0.25) is 0 Å². The summed E-state index contributed by atoms with van der Waals surface area (Å²) in [6.45, 7) is 6.58. The molecule has 0 radical (unpaired) electrons. The van der Waals surface area contributed by atoms with Crippen LogP contribution in [-0.4, -0.2) is 25.3 Å². The van der Waals surface area contributed by atoms with Crippen LogP contribution in [0, 0.1) is 11.8 Å². The van der Waals surface area contributed by atoms with Gasteiger partial charge in [0, 0.05) is 6.04 Å². The minimum atomic E-state index is 0.656. The van der Waals surface area contributed by atoms with Crippen LogP contribution in [0.5, 0.6) is 0 Å². The molecule has 1 aliphatic heterocycles. The number of rotatable bonds is 3. The van der Waals surface area contributed by atoms with Gasteiger partial charge in [0.05, 0.1) is 19.3 Å². The Hall–Kier alpha value is -0.0800. The van der Waals surface area contributed by atoms with E-state index < -0.39 is 0 Å². The van der Waals surface area contributed by atoms with Crippen LogP contribution in [0.3, 0.4) is 0 Å². The third kappa shape index (κ3) is 1.89. The molecular formula is C11H21NO. The first-order valence-corrected chi connectivity index (χ1v) is 5.65. The van der Waals surface area contributed by atoms with Crippen molar-refractivity contribution in [2.45, 2.75) is 45.2 Å². The Balaban J connectivity index is 1.79.